The second-order valence-corrected chi connectivity index (χ2v) is 4.61. The van der Waals surface area contributed by atoms with Gasteiger partial charge < -0.3 is 15.6 Å². The summed E-state index contributed by atoms with van der Waals surface area (Å²) in [6.45, 7) is 3.56. The molecule has 1 aromatic heterocycles. The van der Waals surface area contributed by atoms with Crippen LogP contribution < -0.4 is 5.73 Å². The van der Waals surface area contributed by atoms with E-state index in [1.54, 1.807) is 0 Å². The first-order chi connectivity index (χ1) is 7.65. The predicted molar refractivity (Wildman–Crippen MR) is 63.0 cm³/mol. The average molecular weight is 221 g/mol. The van der Waals surface area contributed by atoms with E-state index in [2.05, 4.69) is 4.98 Å². The molecule has 1 unspecified atom stereocenters. The van der Waals surface area contributed by atoms with Crippen LogP contribution in [-0.2, 0) is 11.2 Å². The number of nitrogens with zero attached hydrogens (tertiary/aromatic N) is 1. The Hall–Kier alpha value is -1.29. The number of nitrogens with two attached hydrogens (primary N) is 1. The van der Waals surface area contributed by atoms with E-state index in [-0.39, 0.29) is 11.9 Å². The summed E-state index contributed by atoms with van der Waals surface area (Å²) < 4.78 is 0. The standard InChI is InChI=1S/C12H19N3O/c1-9-5-10(7-14-9)6-12(16)15-4-2-3-11(13)8-15/h5,7,11,14H,2-4,6,8,13H2,1H3. The number of aromatic amines is 1. The van der Waals surface area contributed by atoms with E-state index in [0.29, 0.717) is 13.0 Å². The van der Waals surface area contributed by atoms with Gasteiger partial charge in [-0.25, -0.2) is 0 Å². The minimum absolute atomic E-state index is 0.158. The van der Waals surface area contributed by atoms with Crippen molar-refractivity contribution >= 4 is 5.91 Å². The van der Waals surface area contributed by atoms with Crippen molar-refractivity contribution < 1.29 is 4.79 Å². The Morgan fingerprint density at radius 3 is 3.12 bits per heavy atom. The average Bonchev–Trinajstić information content (AvgIpc) is 2.64. The molecule has 1 aliphatic rings. The lowest BCUT2D eigenvalue weighted by molar-refractivity contribution is -0.131. The zero-order valence-corrected chi connectivity index (χ0v) is 9.70. The molecular formula is C12H19N3O. The third-order valence-corrected chi connectivity index (χ3v) is 3.05. The van der Waals surface area contributed by atoms with Gasteiger partial charge in [-0.15, -0.1) is 0 Å². The van der Waals surface area contributed by atoms with Crippen LogP contribution in [0.1, 0.15) is 24.1 Å². The predicted octanol–water partition coefficient (Wildman–Crippen LogP) is 0.815. The first-order valence-electron chi connectivity index (χ1n) is 5.82. The molecule has 2 rings (SSSR count). The zero-order valence-electron chi connectivity index (χ0n) is 9.70. The summed E-state index contributed by atoms with van der Waals surface area (Å²) in [4.78, 5) is 17.0. The summed E-state index contributed by atoms with van der Waals surface area (Å²) in [5.74, 6) is 0.189. The molecular weight excluding hydrogens is 202 g/mol. The number of carbonyl (C=O) groups excluding carboxylic acids is 1. The second kappa shape index (κ2) is 4.70. The van der Waals surface area contributed by atoms with Crippen LogP contribution in [0.15, 0.2) is 12.3 Å². The summed E-state index contributed by atoms with van der Waals surface area (Å²) >= 11 is 0. The fourth-order valence-electron chi connectivity index (χ4n) is 2.19. The van der Waals surface area contributed by atoms with E-state index >= 15 is 0 Å². The zero-order chi connectivity index (χ0) is 11.5. The molecule has 1 atom stereocenters. The van der Waals surface area contributed by atoms with Crippen LogP contribution in [0.2, 0.25) is 0 Å². The molecule has 1 amide bonds. The van der Waals surface area contributed by atoms with Gasteiger partial charge in [0.05, 0.1) is 6.42 Å². The fourth-order valence-corrected chi connectivity index (χ4v) is 2.19. The lowest BCUT2D eigenvalue weighted by atomic mass is 10.1. The molecule has 1 saturated heterocycles. The molecule has 0 aromatic carbocycles. The van der Waals surface area contributed by atoms with Crippen molar-refractivity contribution in [3.8, 4) is 0 Å². The van der Waals surface area contributed by atoms with Gasteiger partial charge in [0, 0.05) is 31.0 Å². The molecule has 16 heavy (non-hydrogen) atoms. The SMILES string of the molecule is Cc1cc(CC(=O)N2CCCC(N)C2)c[nH]1. The van der Waals surface area contributed by atoms with Crippen molar-refractivity contribution in [1.29, 1.82) is 0 Å². The smallest absolute Gasteiger partial charge is 0.227 e. The van der Waals surface area contributed by atoms with E-state index in [4.69, 9.17) is 5.73 Å². The molecule has 4 nitrogen and oxygen atoms in total. The normalized spacial score (nSPS) is 21.1. The first kappa shape index (κ1) is 11.2. The van der Waals surface area contributed by atoms with Crippen molar-refractivity contribution in [2.75, 3.05) is 13.1 Å². The summed E-state index contributed by atoms with van der Waals surface area (Å²) in [7, 11) is 0. The molecule has 88 valence electrons. The molecule has 4 heteroatoms. The molecule has 0 spiro atoms. The summed E-state index contributed by atoms with van der Waals surface area (Å²) in [5.41, 5.74) is 8.01. The van der Waals surface area contributed by atoms with Crippen LogP contribution >= 0.6 is 0 Å². The lowest BCUT2D eigenvalue weighted by Crippen LogP contribution is -2.46. The molecule has 1 aromatic rings. The van der Waals surface area contributed by atoms with Crippen LogP contribution in [0.3, 0.4) is 0 Å². The van der Waals surface area contributed by atoms with Gasteiger partial charge in [-0.2, -0.15) is 0 Å². The van der Waals surface area contributed by atoms with Crippen LogP contribution in [-0.4, -0.2) is 34.9 Å². The van der Waals surface area contributed by atoms with E-state index in [9.17, 15) is 4.79 Å². The number of hydrogen-bond donors (Lipinski definition) is 2. The monoisotopic (exact) mass is 221 g/mol. The number of aryl methyl sites for hydroxylation is 1. The van der Waals surface area contributed by atoms with Gasteiger partial charge in [0.2, 0.25) is 5.91 Å². The number of amides is 1. The number of aromatic nitrogens is 1. The molecule has 0 aliphatic carbocycles. The highest BCUT2D eigenvalue weighted by molar-refractivity contribution is 5.78. The second-order valence-electron chi connectivity index (χ2n) is 4.61. The Morgan fingerprint density at radius 2 is 2.50 bits per heavy atom. The van der Waals surface area contributed by atoms with Gasteiger partial charge in [0.25, 0.3) is 0 Å². The molecule has 0 bridgehead atoms. The van der Waals surface area contributed by atoms with E-state index < -0.39 is 0 Å². The number of hydrogen-bond acceptors (Lipinski definition) is 2. The fraction of sp³-hybridized carbons (Fsp3) is 0.583. The number of H-pyrrole nitrogens is 1. The minimum Gasteiger partial charge on any atom is -0.365 e. The Labute approximate surface area is 95.8 Å². The van der Waals surface area contributed by atoms with Crippen LogP contribution in [0.4, 0.5) is 0 Å². The Bertz CT molecular complexity index is 372. The largest absolute Gasteiger partial charge is 0.365 e. The maximum absolute atomic E-state index is 12.0. The molecule has 1 aliphatic heterocycles. The van der Waals surface area contributed by atoms with Gasteiger partial charge in [0.1, 0.15) is 0 Å². The van der Waals surface area contributed by atoms with Gasteiger partial charge >= 0.3 is 0 Å². The maximum Gasteiger partial charge on any atom is 0.227 e. The number of carbonyl (C=O) groups is 1. The van der Waals surface area contributed by atoms with Gasteiger partial charge in [-0.1, -0.05) is 0 Å². The lowest BCUT2D eigenvalue weighted by Gasteiger charge is -2.30. The Kier molecular flexibility index (Phi) is 3.29. The number of rotatable bonds is 2. The highest BCUT2D eigenvalue weighted by Crippen LogP contribution is 2.11. The van der Waals surface area contributed by atoms with Crippen molar-refractivity contribution in [2.45, 2.75) is 32.2 Å². The minimum atomic E-state index is 0.158. The quantitative estimate of drug-likeness (QED) is 0.776. The maximum atomic E-state index is 12.0. The topological polar surface area (TPSA) is 62.1 Å². The van der Waals surface area contributed by atoms with E-state index in [1.807, 2.05) is 24.1 Å². The summed E-state index contributed by atoms with van der Waals surface area (Å²) in [5, 5.41) is 0. The van der Waals surface area contributed by atoms with Crippen molar-refractivity contribution in [3.63, 3.8) is 0 Å². The Morgan fingerprint density at radius 1 is 1.69 bits per heavy atom. The number of piperidine rings is 1. The van der Waals surface area contributed by atoms with Crippen LogP contribution in [0.5, 0.6) is 0 Å². The van der Waals surface area contributed by atoms with E-state index in [1.165, 1.54) is 0 Å². The third kappa shape index (κ3) is 2.64. The molecule has 1 fully saturated rings. The highest BCUT2D eigenvalue weighted by Gasteiger charge is 2.21. The van der Waals surface area contributed by atoms with Crippen molar-refractivity contribution in [1.82, 2.24) is 9.88 Å². The molecule has 2 heterocycles. The van der Waals surface area contributed by atoms with Gasteiger partial charge in [-0.05, 0) is 31.4 Å². The number of nitrogens with one attached hydrogen (secondary N) is 1. The van der Waals surface area contributed by atoms with E-state index in [0.717, 1.165) is 30.6 Å². The molecule has 0 radical (unpaired) electrons. The number of likely N-dealkylation sites (tertiary alicyclic amines) is 1. The Balaban J connectivity index is 1.92. The third-order valence-electron chi connectivity index (χ3n) is 3.05. The van der Waals surface area contributed by atoms with Gasteiger partial charge in [-0.3, -0.25) is 4.79 Å². The molecule has 3 N–H and O–H groups in total. The van der Waals surface area contributed by atoms with Gasteiger partial charge in [0.15, 0.2) is 0 Å². The summed E-state index contributed by atoms with van der Waals surface area (Å²) in [6.07, 6.45) is 4.44. The van der Waals surface area contributed by atoms with Crippen molar-refractivity contribution in [3.05, 3.63) is 23.5 Å². The van der Waals surface area contributed by atoms with Crippen LogP contribution in [0, 0.1) is 6.92 Å². The first-order valence-corrected chi connectivity index (χ1v) is 5.82. The van der Waals surface area contributed by atoms with Crippen molar-refractivity contribution in [2.24, 2.45) is 5.73 Å². The summed E-state index contributed by atoms with van der Waals surface area (Å²) in [6, 6.07) is 2.17. The van der Waals surface area contributed by atoms with Crippen LogP contribution in [0.25, 0.3) is 0 Å². The highest BCUT2D eigenvalue weighted by atomic mass is 16.2. The molecule has 0 saturated carbocycles.